The second-order valence-corrected chi connectivity index (χ2v) is 6.79. The van der Waals surface area contributed by atoms with Gasteiger partial charge >= 0.3 is 0 Å². The quantitative estimate of drug-likeness (QED) is 0.859. The average molecular weight is 351 g/mol. The van der Waals surface area contributed by atoms with E-state index in [1.165, 1.54) is 0 Å². The summed E-state index contributed by atoms with van der Waals surface area (Å²) in [5, 5.41) is 11.1. The number of aliphatic hydroxyl groups is 1. The monoisotopic (exact) mass is 351 g/mol. The summed E-state index contributed by atoms with van der Waals surface area (Å²) in [6, 6.07) is 15.0. The van der Waals surface area contributed by atoms with Crippen molar-refractivity contribution < 1.29 is 14.6 Å². The van der Waals surface area contributed by atoms with Crippen molar-refractivity contribution >= 4 is 5.69 Å². The summed E-state index contributed by atoms with van der Waals surface area (Å²) in [7, 11) is 1.61. The van der Waals surface area contributed by atoms with Crippen molar-refractivity contribution in [1.29, 1.82) is 0 Å². The molecule has 1 heterocycles. The van der Waals surface area contributed by atoms with Crippen molar-refractivity contribution in [2.45, 2.75) is 31.7 Å². The first-order valence-electron chi connectivity index (χ1n) is 8.82. The number of benzene rings is 2. The lowest BCUT2D eigenvalue weighted by Gasteiger charge is -2.37. The van der Waals surface area contributed by atoms with E-state index >= 15 is 0 Å². The largest absolute Gasteiger partial charge is 0.497 e. The molecule has 1 aliphatic rings. The van der Waals surface area contributed by atoms with E-state index < -0.39 is 5.60 Å². The minimum absolute atomic E-state index is 0.195. The van der Waals surface area contributed by atoms with Crippen molar-refractivity contribution in [2.24, 2.45) is 0 Å². The molecule has 1 N–H and O–H groups in total. The molecule has 0 amide bonds. The van der Waals surface area contributed by atoms with E-state index in [0.29, 0.717) is 11.1 Å². The Kier molecular flexibility index (Phi) is 5.22. The summed E-state index contributed by atoms with van der Waals surface area (Å²) < 4.78 is 11.0. The Balaban J connectivity index is 1.86. The van der Waals surface area contributed by atoms with Gasteiger partial charge in [0.2, 0.25) is 0 Å². The first-order valence-corrected chi connectivity index (χ1v) is 8.82. The Bertz CT molecular complexity index is 769. The van der Waals surface area contributed by atoms with E-state index in [1.54, 1.807) is 31.4 Å². The highest BCUT2D eigenvalue weighted by Crippen LogP contribution is 2.32. The number of hydrogen-bond donors (Lipinski definition) is 1. The first-order chi connectivity index (χ1) is 12.5. The molecule has 0 saturated carbocycles. The number of morpholine rings is 1. The SMILES string of the molecule is C#CC(O)(c1ccc(OC)cc1)c1ccc(N2CC(C)OC(C)C2)cc1. The topological polar surface area (TPSA) is 41.9 Å². The third kappa shape index (κ3) is 3.55. The number of terminal acetylenes is 1. The lowest BCUT2D eigenvalue weighted by Crippen LogP contribution is -2.45. The van der Waals surface area contributed by atoms with Crippen molar-refractivity contribution in [2.75, 3.05) is 25.1 Å². The maximum Gasteiger partial charge on any atom is 0.176 e. The summed E-state index contributed by atoms with van der Waals surface area (Å²) in [5.74, 6) is 3.26. The maximum absolute atomic E-state index is 11.1. The molecule has 4 heteroatoms. The summed E-state index contributed by atoms with van der Waals surface area (Å²) in [6.45, 7) is 5.86. The van der Waals surface area contributed by atoms with Gasteiger partial charge in [0.15, 0.2) is 5.60 Å². The van der Waals surface area contributed by atoms with E-state index in [4.69, 9.17) is 15.9 Å². The fourth-order valence-electron chi connectivity index (χ4n) is 3.47. The van der Waals surface area contributed by atoms with Crippen LogP contribution in [0.2, 0.25) is 0 Å². The molecule has 0 spiro atoms. The van der Waals surface area contributed by atoms with Crippen LogP contribution in [0.15, 0.2) is 48.5 Å². The minimum Gasteiger partial charge on any atom is -0.497 e. The summed E-state index contributed by atoms with van der Waals surface area (Å²) in [6.07, 6.45) is 6.09. The van der Waals surface area contributed by atoms with E-state index in [1.807, 2.05) is 24.3 Å². The van der Waals surface area contributed by atoms with Crippen LogP contribution in [0, 0.1) is 12.3 Å². The van der Waals surface area contributed by atoms with E-state index in [0.717, 1.165) is 24.5 Å². The lowest BCUT2D eigenvalue weighted by molar-refractivity contribution is -0.00522. The van der Waals surface area contributed by atoms with Gasteiger partial charge in [-0.15, -0.1) is 6.42 Å². The standard InChI is InChI=1S/C22H25NO3/c1-5-22(24,19-8-12-21(25-4)13-9-19)18-6-10-20(11-7-18)23-14-16(2)26-17(3)15-23/h1,6-13,16-17,24H,14-15H2,2-4H3. The molecule has 3 atom stereocenters. The van der Waals surface area contributed by atoms with Crippen LogP contribution in [-0.2, 0) is 10.3 Å². The van der Waals surface area contributed by atoms with Crippen molar-refractivity contribution in [3.63, 3.8) is 0 Å². The van der Waals surface area contributed by atoms with E-state index in [2.05, 4.69) is 24.7 Å². The summed E-state index contributed by atoms with van der Waals surface area (Å²) in [4.78, 5) is 2.30. The van der Waals surface area contributed by atoms with Gasteiger partial charge in [-0.05, 0) is 38.1 Å². The molecular weight excluding hydrogens is 326 g/mol. The van der Waals surface area contributed by atoms with Gasteiger partial charge in [0.25, 0.3) is 0 Å². The Morgan fingerprint density at radius 2 is 1.54 bits per heavy atom. The molecule has 1 fully saturated rings. The zero-order valence-corrected chi connectivity index (χ0v) is 15.5. The fourth-order valence-corrected chi connectivity index (χ4v) is 3.47. The molecule has 4 nitrogen and oxygen atoms in total. The number of methoxy groups -OCH3 is 1. The molecule has 1 saturated heterocycles. The minimum atomic E-state index is -1.48. The van der Waals surface area contributed by atoms with Crippen LogP contribution in [0.5, 0.6) is 5.75 Å². The fraction of sp³-hybridized carbons (Fsp3) is 0.364. The van der Waals surface area contributed by atoms with Gasteiger partial charge in [-0.2, -0.15) is 0 Å². The third-order valence-corrected chi connectivity index (χ3v) is 4.79. The second kappa shape index (κ2) is 7.41. The van der Waals surface area contributed by atoms with Crippen LogP contribution in [0.4, 0.5) is 5.69 Å². The molecule has 0 radical (unpaired) electrons. The summed E-state index contributed by atoms with van der Waals surface area (Å²) >= 11 is 0. The molecule has 136 valence electrons. The Morgan fingerprint density at radius 3 is 2.00 bits per heavy atom. The van der Waals surface area contributed by atoms with Gasteiger partial charge in [0.05, 0.1) is 19.3 Å². The van der Waals surface area contributed by atoms with E-state index in [9.17, 15) is 5.11 Å². The van der Waals surface area contributed by atoms with Gasteiger partial charge in [-0.1, -0.05) is 30.2 Å². The zero-order valence-electron chi connectivity index (χ0n) is 15.5. The highest BCUT2D eigenvalue weighted by atomic mass is 16.5. The molecular formula is C22H25NO3. The molecule has 2 aromatic carbocycles. The molecule has 3 rings (SSSR count). The Labute approximate surface area is 155 Å². The van der Waals surface area contributed by atoms with Crippen LogP contribution < -0.4 is 9.64 Å². The van der Waals surface area contributed by atoms with Gasteiger partial charge in [-0.25, -0.2) is 0 Å². The smallest absolute Gasteiger partial charge is 0.176 e. The van der Waals surface area contributed by atoms with Crippen LogP contribution >= 0.6 is 0 Å². The molecule has 2 aromatic rings. The molecule has 0 aromatic heterocycles. The Hall–Kier alpha value is -2.48. The van der Waals surface area contributed by atoms with Crippen LogP contribution in [0.25, 0.3) is 0 Å². The highest BCUT2D eigenvalue weighted by molar-refractivity contribution is 5.52. The molecule has 0 aliphatic carbocycles. The maximum atomic E-state index is 11.1. The number of anilines is 1. The number of nitrogens with zero attached hydrogens (tertiary/aromatic N) is 1. The number of rotatable bonds is 4. The molecule has 3 unspecified atom stereocenters. The van der Waals surface area contributed by atoms with Crippen molar-refractivity contribution in [1.82, 2.24) is 0 Å². The first kappa shape index (κ1) is 18.3. The van der Waals surface area contributed by atoms with Crippen molar-refractivity contribution in [3.05, 3.63) is 59.7 Å². The second-order valence-electron chi connectivity index (χ2n) is 6.79. The molecule has 1 aliphatic heterocycles. The number of ether oxygens (including phenoxy) is 2. The van der Waals surface area contributed by atoms with Crippen LogP contribution in [0.1, 0.15) is 25.0 Å². The van der Waals surface area contributed by atoms with Crippen molar-refractivity contribution in [3.8, 4) is 18.1 Å². The van der Waals surface area contributed by atoms with Crippen LogP contribution in [0.3, 0.4) is 0 Å². The van der Waals surface area contributed by atoms with Gasteiger partial charge in [0.1, 0.15) is 5.75 Å². The molecule has 0 bridgehead atoms. The van der Waals surface area contributed by atoms with Crippen LogP contribution in [-0.4, -0.2) is 37.5 Å². The predicted molar refractivity (Wildman–Crippen MR) is 103 cm³/mol. The zero-order chi connectivity index (χ0) is 18.7. The lowest BCUT2D eigenvalue weighted by atomic mass is 9.87. The average Bonchev–Trinajstić information content (AvgIpc) is 2.67. The number of hydrogen-bond acceptors (Lipinski definition) is 4. The van der Waals surface area contributed by atoms with E-state index in [-0.39, 0.29) is 12.2 Å². The van der Waals surface area contributed by atoms with Gasteiger partial charge in [0, 0.05) is 29.9 Å². The Morgan fingerprint density at radius 1 is 1.04 bits per heavy atom. The highest BCUT2D eigenvalue weighted by Gasteiger charge is 2.30. The summed E-state index contributed by atoms with van der Waals surface area (Å²) in [5.41, 5.74) is 0.937. The van der Waals surface area contributed by atoms with Gasteiger partial charge in [-0.3, -0.25) is 0 Å². The van der Waals surface area contributed by atoms with Gasteiger partial charge < -0.3 is 19.5 Å². The normalized spacial score (nSPS) is 22.3. The molecule has 26 heavy (non-hydrogen) atoms. The third-order valence-electron chi connectivity index (χ3n) is 4.79. The predicted octanol–water partition coefficient (Wildman–Crippen LogP) is 3.18.